The summed E-state index contributed by atoms with van der Waals surface area (Å²) in [7, 11) is 1.54. The van der Waals surface area contributed by atoms with Gasteiger partial charge < -0.3 is 10.2 Å². The number of quaternary nitrogens is 1. The third-order valence-corrected chi connectivity index (χ3v) is 6.30. The minimum Gasteiger partial charge on any atom is -0.326 e. The number of benzene rings is 1. The van der Waals surface area contributed by atoms with Crippen LogP contribution >= 0.6 is 0 Å². The monoisotopic (exact) mass is 368 g/mol. The van der Waals surface area contributed by atoms with Gasteiger partial charge in [-0.3, -0.25) is 19.3 Å². The first-order chi connectivity index (χ1) is 12.8. The first kappa shape index (κ1) is 17.9. The summed E-state index contributed by atoms with van der Waals surface area (Å²) < 4.78 is 0. The van der Waals surface area contributed by atoms with Crippen molar-refractivity contribution in [3.8, 4) is 0 Å². The van der Waals surface area contributed by atoms with Crippen LogP contribution in [0, 0.1) is 17.8 Å². The zero-order valence-corrected chi connectivity index (χ0v) is 16.0. The number of imide groups is 1. The van der Waals surface area contributed by atoms with E-state index < -0.39 is 17.4 Å². The minimum atomic E-state index is -1.05. The molecule has 0 bridgehead atoms. The summed E-state index contributed by atoms with van der Waals surface area (Å²) in [6.07, 6.45) is 2.48. The molecule has 0 radical (unpaired) electrons. The first-order valence-corrected chi connectivity index (χ1v) is 9.54. The van der Waals surface area contributed by atoms with Crippen LogP contribution in [0.5, 0.6) is 0 Å². The van der Waals surface area contributed by atoms with Crippen LogP contribution < -0.4 is 10.2 Å². The third-order valence-electron chi connectivity index (χ3n) is 6.30. The Hall–Kier alpha value is -2.47. The molecule has 6 heteroatoms. The van der Waals surface area contributed by atoms with Gasteiger partial charge in [-0.15, -0.1) is 6.58 Å². The Kier molecular flexibility index (Phi) is 4.00. The van der Waals surface area contributed by atoms with Crippen LogP contribution in [0.3, 0.4) is 0 Å². The molecule has 142 valence electrons. The van der Waals surface area contributed by atoms with Gasteiger partial charge in [-0.05, 0) is 12.0 Å². The first-order valence-electron chi connectivity index (χ1n) is 9.54. The van der Waals surface area contributed by atoms with Crippen molar-refractivity contribution in [3.05, 3.63) is 42.5 Å². The van der Waals surface area contributed by atoms with Crippen LogP contribution in [0.15, 0.2) is 36.9 Å². The van der Waals surface area contributed by atoms with E-state index in [0.717, 1.165) is 17.7 Å². The van der Waals surface area contributed by atoms with Gasteiger partial charge in [0.1, 0.15) is 17.9 Å². The van der Waals surface area contributed by atoms with Crippen LogP contribution in [0.2, 0.25) is 0 Å². The van der Waals surface area contributed by atoms with Gasteiger partial charge in [0.15, 0.2) is 0 Å². The van der Waals surface area contributed by atoms with Crippen molar-refractivity contribution in [1.82, 2.24) is 4.90 Å². The molecular weight excluding hydrogens is 342 g/mol. The van der Waals surface area contributed by atoms with E-state index in [0.29, 0.717) is 12.5 Å². The van der Waals surface area contributed by atoms with Crippen molar-refractivity contribution in [3.63, 3.8) is 0 Å². The molecular formula is C21H26N3O3+. The van der Waals surface area contributed by atoms with Crippen molar-refractivity contribution >= 4 is 23.4 Å². The summed E-state index contributed by atoms with van der Waals surface area (Å²) in [5.41, 5.74) is 0.605. The predicted molar refractivity (Wildman–Crippen MR) is 101 cm³/mol. The molecule has 6 nitrogen and oxygen atoms in total. The minimum absolute atomic E-state index is 0.0860. The highest BCUT2D eigenvalue weighted by Gasteiger charge is 2.74. The number of hydrogen-bond donors (Lipinski definition) is 1. The summed E-state index contributed by atoms with van der Waals surface area (Å²) in [5, 5.41) is 2.02. The zero-order chi connectivity index (χ0) is 19.5. The molecule has 3 aliphatic heterocycles. The second-order valence-corrected chi connectivity index (χ2v) is 8.29. The van der Waals surface area contributed by atoms with Crippen LogP contribution in [0.25, 0.3) is 0 Å². The summed E-state index contributed by atoms with van der Waals surface area (Å²) in [4.78, 5) is 42.6. The number of fused-ring (bicyclic) bond motifs is 4. The van der Waals surface area contributed by atoms with Gasteiger partial charge in [0.25, 0.3) is 5.91 Å². The van der Waals surface area contributed by atoms with E-state index in [1.807, 2.05) is 29.6 Å². The van der Waals surface area contributed by atoms with Crippen LogP contribution in [0.1, 0.15) is 25.8 Å². The number of hydrogen-bond acceptors (Lipinski definition) is 3. The van der Waals surface area contributed by atoms with Gasteiger partial charge >= 0.3 is 0 Å². The van der Waals surface area contributed by atoms with E-state index in [9.17, 15) is 14.4 Å². The number of para-hydroxylation sites is 1. The van der Waals surface area contributed by atoms with Gasteiger partial charge in [-0.25, -0.2) is 0 Å². The zero-order valence-electron chi connectivity index (χ0n) is 16.0. The lowest BCUT2D eigenvalue weighted by Gasteiger charge is -2.26. The normalized spacial score (nSPS) is 32.0. The molecule has 27 heavy (non-hydrogen) atoms. The van der Waals surface area contributed by atoms with Crippen LogP contribution in [-0.2, 0) is 19.9 Å². The Labute approximate surface area is 159 Å². The molecule has 4 rings (SSSR count). The van der Waals surface area contributed by atoms with Gasteiger partial charge in [0, 0.05) is 25.6 Å². The Morgan fingerprint density at radius 1 is 1.22 bits per heavy atom. The van der Waals surface area contributed by atoms with Crippen LogP contribution in [-0.4, -0.2) is 42.3 Å². The molecule has 0 unspecified atom stereocenters. The molecule has 4 atom stereocenters. The Bertz CT molecular complexity index is 849. The SMILES string of the molecule is C=CCN1C(=O)[C@]2([NH2+][C@H](CC(C)C)[C@H]3C(=O)N(C)C(=O)[C@H]32)c2ccccc21. The van der Waals surface area contributed by atoms with E-state index in [2.05, 4.69) is 20.4 Å². The maximum atomic E-state index is 13.7. The average Bonchev–Trinajstić information content (AvgIpc) is 3.17. The second kappa shape index (κ2) is 6.02. The maximum Gasteiger partial charge on any atom is 0.294 e. The molecule has 3 heterocycles. The molecule has 2 fully saturated rings. The molecule has 1 aromatic rings. The highest BCUT2D eigenvalue weighted by molar-refractivity contribution is 6.14. The Morgan fingerprint density at radius 2 is 1.93 bits per heavy atom. The lowest BCUT2D eigenvalue weighted by molar-refractivity contribution is -0.734. The average molecular weight is 368 g/mol. The molecule has 1 spiro atoms. The summed E-state index contributed by atoms with van der Waals surface area (Å²) in [6.45, 7) is 8.37. The Morgan fingerprint density at radius 3 is 2.59 bits per heavy atom. The fourth-order valence-electron chi connectivity index (χ4n) is 5.33. The number of carbonyl (C=O) groups is 3. The van der Waals surface area contributed by atoms with Crippen molar-refractivity contribution in [1.29, 1.82) is 0 Å². The summed E-state index contributed by atoms with van der Waals surface area (Å²) in [6, 6.07) is 7.55. The van der Waals surface area contributed by atoms with Crippen LogP contribution in [0.4, 0.5) is 5.69 Å². The number of rotatable bonds is 4. The molecule has 2 saturated heterocycles. The quantitative estimate of drug-likeness (QED) is 0.626. The number of nitrogens with two attached hydrogens (primary N) is 1. The number of anilines is 1. The fraction of sp³-hybridized carbons (Fsp3) is 0.476. The van der Waals surface area contributed by atoms with E-state index in [4.69, 9.17) is 0 Å². The van der Waals surface area contributed by atoms with E-state index in [1.165, 1.54) is 11.9 Å². The van der Waals surface area contributed by atoms with Gasteiger partial charge in [-0.1, -0.05) is 38.1 Å². The number of carbonyl (C=O) groups excluding carboxylic acids is 3. The second-order valence-electron chi connectivity index (χ2n) is 8.29. The smallest absolute Gasteiger partial charge is 0.294 e. The van der Waals surface area contributed by atoms with Crippen molar-refractivity contribution in [2.45, 2.75) is 31.8 Å². The van der Waals surface area contributed by atoms with Crippen molar-refractivity contribution < 1.29 is 19.7 Å². The van der Waals surface area contributed by atoms with E-state index in [-0.39, 0.29) is 23.8 Å². The molecule has 3 aliphatic rings. The van der Waals surface area contributed by atoms with E-state index in [1.54, 1.807) is 11.0 Å². The Balaban J connectivity index is 1.91. The fourth-order valence-corrected chi connectivity index (χ4v) is 5.33. The molecule has 0 saturated carbocycles. The van der Waals surface area contributed by atoms with Crippen molar-refractivity contribution in [2.75, 3.05) is 18.5 Å². The van der Waals surface area contributed by atoms with Crippen molar-refractivity contribution in [2.24, 2.45) is 17.8 Å². The summed E-state index contributed by atoms with van der Waals surface area (Å²) >= 11 is 0. The van der Waals surface area contributed by atoms with Gasteiger partial charge in [0.05, 0.1) is 5.69 Å². The number of amides is 3. The van der Waals surface area contributed by atoms with Gasteiger partial charge in [-0.2, -0.15) is 0 Å². The summed E-state index contributed by atoms with van der Waals surface area (Å²) in [5.74, 6) is -1.24. The number of nitrogens with zero attached hydrogens (tertiary/aromatic N) is 2. The predicted octanol–water partition coefficient (Wildman–Crippen LogP) is 0.637. The standard InChI is InChI=1S/C21H25N3O3/c1-5-10-24-15-9-7-6-8-13(15)21(20(24)27)17-16(14(22-21)11-12(2)3)18(25)23(4)19(17)26/h5-9,12,14,16-17,22H,1,10-11H2,2-4H3/p+1/t14-,16-,17+,21+/m1/s1. The highest BCUT2D eigenvalue weighted by Crippen LogP contribution is 2.51. The molecule has 0 aromatic heterocycles. The lowest BCUT2D eigenvalue weighted by atomic mass is 9.76. The highest BCUT2D eigenvalue weighted by atomic mass is 16.2. The largest absolute Gasteiger partial charge is 0.326 e. The molecule has 1 aromatic carbocycles. The third kappa shape index (κ3) is 2.19. The molecule has 3 amide bonds. The topological polar surface area (TPSA) is 74.3 Å². The molecule has 0 aliphatic carbocycles. The van der Waals surface area contributed by atoms with E-state index >= 15 is 0 Å². The number of likely N-dealkylation sites (tertiary alicyclic amines) is 1. The lowest BCUT2D eigenvalue weighted by Crippen LogP contribution is -2.99. The maximum absolute atomic E-state index is 13.7. The van der Waals surface area contributed by atoms with Gasteiger partial charge in [0.2, 0.25) is 17.4 Å². The molecule has 2 N–H and O–H groups in total.